The van der Waals surface area contributed by atoms with Crippen molar-refractivity contribution in [3.8, 4) is 0 Å². The molecule has 4 aromatic rings. The van der Waals surface area contributed by atoms with E-state index in [-0.39, 0.29) is 10.8 Å². The maximum Gasteiger partial charge on any atom is 0.419 e. The second-order valence-corrected chi connectivity index (χ2v) is 5.54. The number of aromatic nitrogens is 2. The number of aromatic amines is 2. The van der Waals surface area contributed by atoms with Crippen molar-refractivity contribution in [3.05, 3.63) is 89.5 Å². The Morgan fingerprint density at radius 2 is 1.12 bits per heavy atom. The van der Waals surface area contributed by atoms with Gasteiger partial charge in [-0.15, -0.1) is 0 Å². The summed E-state index contributed by atoms with van der Waals surface area (Å²) in [5.41, 5.74) is 0.943. The molecule has 0 aliphatic heterocycles. The number of rotatable bonds is 2. The van der Waals surface area contributed by atoms with Gasteiger partial charge in [0.1, 0.15) is 0 Å². The van der Waals surface area contributed by atoms with Crippen molar-refractivity contribution in [2.24, 2.45) is 0 Å². The SMILES string of the molecule is O=c1[nH]c2ccc(Cc3ccc4[nH]c(=O)oc(=O)c4c3)cc2c(=O)o1. The predicted molar refractivity (Wildman–Crippen MR) is 89.0 cm³/mol. The van der Waals surface area contributed by atoms with E-state index in [0.29, 0.717) is 17.5 Å². The molecule has 0 bridgehead atoms. The molecule has 0 amide bonds. The van der Waals surface area contributed by atoms with Gasteiger partial charge in [-0.1, -0.05) is 12.1 Å². The molecule has 8 heteroatoms. The van der Waals surface area contributed by atoms with Crippen LogP contribution in [-0.4, -0.2) is 9.97 Å². The molecule has 0 fully saturated rings. The Labute approximate surface area is 137 Å². The first kappa shape index (κ1) is 14.9. The zero-order valence-electron chi connectivity index (χ0n) is 12.6. The first-order valence-electron chi connectivity index (χ1n) is 7.32. The molecule has 2 aromatic carbocycles. The van der Waals surface area contributed by atoms with Gasteiger partial charge in [-0.3, -0.25) is 9.97 Å². The maximum atomic E-state index is 11.8. The van der Waals surface area contributed by atoms with Gasteiger partial charge in [0.05, 0.1) is 21.8 Å². The van der Waals surface area contributed by atoms with Crippen LogP contribution in [-0.2, 0) is 6.42 Å². The first-order valence-corrected chi connectivity index (χ1v) is 7.32. The second kappa shape index (κ2) is 5.45. The number of hydrogen-bond acceptors (Lipinski definition) is 6. The molecule has 8 nitrogen and oxygen atoms in total. The molecule has 2 heterocycles. The van der Waals surface area contributed by atoms with Crippen LogP contribution >= 0.6 is 0 Å². The highest BCUT2D eigenvalue weighted by Crippen LogP contribution is 2.16. The van der Waals surface area contributed by atoms with E-state index in [2.05, 4.69) is 18.8 Å². The van der Waals surface area contributed by atoms with E-state index in [4.69, 9.17) is 0 Å². The molecule has 0 aliphatic rings. The Balaban J connectivity index is 1.80. The minimum atomic E-state index is -0.805. The van der Waals surface area contributed by atoms with Crippen LogP contribution in [0.1, 0.15) is 11.1 Å². The topological polar surface area (TPSA) is 126 Å². The van der Waals surface area contributed by atoms with E-state index in [1.807, 2.05) is 0 Å². The Morgan fingerprint density at radius 1 is 0.680 bits per heavy atom. The maximum absolute atomic E-state index is 11.8. The van der Waals surface area contributed by atoms with Crippen molar-refractivity contribution < 1.29 is 8.83 Å². The fourth-order valence-electron chi connectivity index (χ4n) is 2.74. The van der Waals surface area contributed by atoms with Crippen LogP contribution < -0.4 is 22.8 Å². The fraction of sp³-hybridized carbons (Fsp3) is 0.0588. The summed E-state index contributed by atoms with van der Waals surface area (Å²) in [6.07, 6.45) is 0.434. The number of benzene rings is 2. The zero-order chi connectivity index (χ0) is 17.6. The van der Waals surface area contributed by atoms with E-state index in [0.717, 1.165) is 11.1 Å². The summed E-state index contributed by atoms with van der Waals surface area (Å²) in [7, 11) is 0. The number of hydrogen-bond donors (Lipinski definition) is 2. The van der Waals surface area contributed by atoms with Crippen molar-refractivity contribution in [2.45, 2.75) is 6.42 Å². The van der Waals surface area contributed by atoms with Gasteiger partial charge in [-0.05, 0) is 41.8 Å². The van der Waals surface area contributed by atoms with Crippen LogP contribution in [0.3, 0.4) is 0 Å². The molecule has 4 rings (SSSR count). The molecule has 0 atom stereocenters. The number of fused-ring (bicyclic) bond motifs is 2. The molecule has 2 N–H and O–H groups in total. The van der Waals surface area contributed by atoms with E-state index in [1.165, 1.54) is 0 Å². The average Bonchev–Trinajstić information content (AvgIpc) is 2.56. The van der Waals surface area contributed by atoms with Crippen LogP contribution in [0.5, 0.6) is 0 Å². The van der Waals surface area contributed by atoms with Gasteiger partial charge in [-0.2, -0.15) is 0 Å². The van der Waals surface area contributed by atoms with Gasteiger partial charge >= 0.3 is 22.8 Å². The lowest BCUT2D eigenvalue weighted by atomic mass is 10.0. The highest BCUT2D eigenvalue weighted by molar-refractivity contribution is 5.79. The van der Waals surface area contributed by atoms with Gasteiger partial charge in [0.2, 0.25) is 0 Å². The van der Waals surface area contributed by atoms with Crippen LogP contribution in [0.2, 0.25) is 0 Å². The van der Waals surface area contributed by atoms with E-state index >= 15 is 0 Å². The minimum absolute atomic E-state index is 0.265. The van der Waals surface area contributed by atoms with Crippen LogP contribution in [0, 0.1) is 0 Å². The smallest absolute Gasteiger partial charge is 0.372 e. The highest BCUT2D eigenvalue weighted by Gasteiger charge is 2.07. The monoisotopic (exact) mass is 338 g/mol. The van der Waals surface area contributed by atoms with Crippen molar-refractivity contribution in [1.29, 1.82) is 0 Å². The Kier molecular flexibility index (Phi) is 3.24. The normalized spacial score (nSPS) is 11.2. The summed E-state index contributed by atoms with van der Waals surface area (Å²) in [5, 5.41) is 0.531. The third kappa shape index (κ3) is 2.69. The van der Waals surface area contributed by atoms with E-state index < -0.39 is 22.8 Å². The summed E-state index contributed by atoms with van der Waals surface area (Å²) in [5.74, 6) is -1.61. The molecule has 0 radical (unpaired) electrons. The van der Waals surface area contributed by atoms with Gasteiger partial charge in [0.25, 0.3) is 0 Å². The third-order valence-electron chi connectivity index (χ3n) is 3.86. The molecule has 124 valence electrons. The minimum Gasteiger partial charge on any atom is -0.372 e. The third-order valence-corrected chi connectivity index (χ3v) is 3.86. The summed E-state index contributed by atoms with van der Waals surface area (Å²) in [4.78, 5) is 50.8. The molecular weight excluding hydrogens is 328 g/mol. The lowest BCUT2D eigenvalue weighted by molar-refractivity contribution is 0.460. The van der Waals surface area contributed by atoms with Crippen molar-refractivity contribution in [1.82, 2.24) is 9.97 Å². The molecular formula is C17H10N2O6. The highest BCUT2D eigenvalue weighted by atomic mass is 16.4. The molecule has 2 aromatic heterocycles. The molecule has 25 heavy (non-hydrogen) atoms. The Morgan fingerprint density at radius 3 is 1.56 bits per heavy atom. The zero-order valence-corrected chi connectivity index (χ0v) is 12.6. The summed E-state index contributed by atoms with van der Waals surface area (Å²) in [6, 6.07) is 10.0. The molecule has 0 aliphatic carbocycles. The predicted octanol–water partition coefficient (Wildman–Crippen LogP) is 0.867. The van der Waals surface area contributed by atoms with Gasteiger partial charge in [0.15, 0.2) is 0 Å². The molecule has 0 saturated heterocycles. The van der Waals surface area contributed by atoms with Gasteiger partial charge in [0, 0.05) is 0 Å². The first-order chi connectivity index (χ1) is 12.0. The largest absolute Gasteiger partial charge is 0.419 e. The van der Waals surface area contributed by atoms with Crippen LogP contribution in [0.15, 0.2) is 64.4 Å². The Bertz CT molecular complexity index is 1250. The van der Waals surface area contributed by atoms with Gasteiger partial charge in [-0.25, -0.2) is 19.2 Å². The van der Waals surface area contributed by atoms with Crippen molar-refractivity contribution in [3.63, 3.8) is 0 Å². The standard InChI is InChI=1S/C17H10N2O6/c20-14-10-6-8(1-3-12(10)18-16(22)24-14)5-9-2-4-13-11(7-9)15(21)25-17(23)19-13/h1-4,6-7H,5H2,(H,18,22)(H,19,23). The molecule has 0 unspecified atom stereocenters. The number of H-pyrrole nitrogens is 2. The average molecular weight is 338 g/mol. The fourth-order valence-corrected chi connectivity index (χ4v) is 2.74. The van der Waals surface area contributed by atoms with E-state index in [1.54, 1.807) is 36.4 Å². The second-order valence-electron chi connectivity index (χ2n) is 5.54. The Hall–Kier alpha value is -3.68. The molecule has 0 saturated carbocycles. The van der Waals surface area contributed by atoms with E-state index in [9.17, 15) is 19.2 Å². The van der Waals surface area contributed by atoms with Crippen molar-refractivity contribution >= 4 is 21.8 Å². The summed E-state index contributed by atoms with van der Waals surface area (Å²) < 4.78 is 9.05. The lowest BCUT2D eigenvalue weighted by Gasteiger charge is -2.04. The quantitative estimate of drug-likeness (QED) is 0.558. The molecule has 0 spiro atoms. The van der Waals surface area contributed by atoms with Crippen molar-refractivity contribution in [2.75, 3.05) is 0 Å². The van der Waals surface area contributed by atoms with Gasteiger partial charge < -0.3 is 8.83 Å². The summed E-state index contributed by atoms with van der Waals surface area (Å²) in [6.45, 7) is 0. The van der Waals surface area contributed by atoms with Crippen LogP contribution in [0.4, 0.5) is 0 Å². The number of nitrogens with one attached hydrogen (secondary N) is 2. The van der Waals surface area contributed by atoms with Crippen LogP contribution in [0.25, 0.3) is 21.8 Å². The summed E-state index contributed by atoms with van der Waals surface area (Å²) >= 11 is 0. The lowest BCUT2D eigenvalue weighted by Crippen LogP contribution is -2.15.